The predicted molar refractivity (Wildman–Crippen MR) is 50.2 cm³/mol. The van der Waals surface area contributed by atoms with Gasteiger partial charge in [-0.05, 0) is 0 Å². The Kier molecular flexibility index (Phi) is 2.90. The van der Waals surface area contributed by atoms with Crippen molar-refractivity contribution in [3.05, 3.63) is 31.6 Å². The van der Waals surface area contributed by atoms with Crippen LogP contribution < -0.4 is 17.0 Å². The minimum atomic E-state index is -0.583. The predicted octanol–water partition coefficient (Wildman–Crippen LogP) is -0.221. The number of halogens is 1. The van der Waals surface area contributed by atoms with E-state index in [1.807, 2.05) is 4.98 Å². The zero-order valence-electron chi connectivity index (χ0n) is 7.06. The molecule has 0 spiro atoms. The van der Waals surface area contributed by atoms with Crippen LogP contribution in [-0.2, 0) is 0 Å². The standard InChI is InChI=1S/C7H10ClN3O2/c1-3(2-9)5-4(8)6(12)11-7(13)10-5/h3H,2,9H2,1H3,(H2,10,11,12,13). The van der Waals surface area contributed by atoms with Gasteiger partial charge < -0.3 is 10.7 Å². The largest absolute Gasteiger partial charge is 0.330 e. The lowest BCUT2D eigenvalue weighted by molar-refractivity contribution is 0.731. The van der Waals surface area contributed by atoms with Gasteiger partial charge in [0.05, 0.1) is 0 Å². The van der Waals surface area contributed by atoms with Crippen LogP contribution in [0.3, 0.4) is 0 Å². The SMILES string of the molecule is CC(CN)c1[nH]c(=O)[nH]c(=O)c1Cl. The van der Waals surface area contributed by atoms with Crippen LogP contribution in [0.4, 0.5) is 0 Å². The van der Waals surface area contributed by atoms with E-state index in [1.165, 1.54) is 0 Å². The summed E-state index contributed by atoms with van der Waals surface area (Å²) in [6, 6.07) is 0. The van der Waals surface area contributed by atoms with Gasteiger partial charge in [0.25, 0.3) is 5.56 Å². The fourth-order valence-electron chi connectivity index (χ4n) is 0.946. The Balaban J connectivity index is 3.37. The van der Waals surface area contributed by atoms with Crippen molar-refractivity contribution in [1.29, 1.82) is 0 Å². The van der Waals surface area contributed by atoms with Crippen molar-refractivity contribution in [2.45, 2.75) is 12.8 Å². The molecule has 1 unspecified atom stereocenters. The zero-order valence-corrected chi connectivity index (χ0v) is 7.81. The highest BCUT2D eigenvalue weighted by molar-refractivity contribution is 6.31. The average molecular weight is 204 g/mol. The first-order valence-corrected chi connectivity index (χ1v) is 4.16. The van der Waals surface area contributed by atoms with Gasteiger partial charge in [-0.15, -0.1) is 0 Å². The number of nitrogens with two attached hydrogens (primary N) is 1. The fraction of sp³-hybridized carbons (Fsp3) is 0.429. The van der Waals surface area contributed by atoms with Crippen molar-refractivity contribution in [3.8, 4) is 0 Å². The molecule has 0 bridgehead atoms. The topological polar surface area (TPSA) is 91.7 Å². The molecule has 1 heterocycles. The van der Waals surface area contributed by atoms with Crippen molar-refractivity contribution in [2.75, 3.05) is 6.54 Å². The van der Waals surface area contributed by atoms with E-state index in [4.69, 9.17) is 17.3 Å². The Morgan fingerprint density at radius 1 is 1.46 bits per heavy atom. The first-order valence-electron chi connectivity index (χ1n) is 3.78. The van der Waals surface area contributed by atoms with Crippen LogP contribution in [0.1, 0.15) is 18.5 Å². The van der Waals surface area contributed by atoms with Gasteiger partial charge >= 0.3 is 5.69 Å². The molecule has 4 N–H and O–H groups in total. The molecule has 72 valence electrons. The van der Waals surface area contributed by atoms with Crippen LogP contribution in [0.15, 0.2) is 9.59 Å². The first-order chi connectivity index (χ1) is 6.06. The van der Waals surface area contributed by atoms with Crippen molar-refractivity contribution in [1.82, 2.24) is 9.97 Å². The van der Waals surface area contributed by atoms with Crippen molar-refractivity contribution in [3.63, 3.8) is 0 Å². The lowest BCUT2D eigenvalue weighted by Gasteiger charge is -2.08. The molecule has 0 fully saturated rings. The smallest absolute Gasteiger partial charge is 0.325 e. The molecule has 0 aromatic carbocycles. The van der Waals surface area contributed by atoms with Crippen molar-refractivity contribution >= 4 is 11.6 Å². The Labute approximate surface area is 78.9 Å². The summed E-state index contributed by atoms with van der Waals surface area (Å²) >= 11 is 5.67. The Morgan fingerprint density at radius 3 is 2.62 bits per heavy atom. The quantitative estimate of drug-likeness (QED) is 0.621. The Bertz CT molecular complexity index is 409. The lowest BCUT2D eigenvalue weighted by Crippen LogP contribution is -2.27. The maximum Gasteiger partial charge on any atom is 0.325 e. The Morgan fingerprint density at radius 2 is 2.08 bits per heavy atom. The molecule has 1 aromatic heterocycles. The van der Waals surface area contributed by atoms with Crippen LogP contribution in [0, 0.1) is 0 Å². The third-order valence-corrected chi connectivity index (χ3v) is 2.13. The van der Waals surface area contributed by atoms with E-state index in [2.05, 4.69) is 4.98 Å². The lowest BCUT2D eigenvalue weighted by atomic mass is 10.1. The minimum Gasteiger partial charge on any atom is -0.330 e. The minimum absolute atomic E-state index is 0.00227. The number of nitrogens with one attached hydrogen (secondary N) is 2. The van der Waals surface area contributed by atoms with E-state index in [0.717, 1.165) is 0 Å². The van der Waals surface area contributed by atoms with Gasteiger partial charge in [0.2, 0.25) is 0 Å². The van der Waals surface area contributed by atoms with Crippen LogP contribution in [-0.4, -0.2) is 16.5 Å². The van der Waals surface area contributed by atoms with Crippen LogP contribution in [0.5, 0.6) is 0 Å². The molecule has 1 atom stereocenters. The molecular weight excluding hydrogens is 194 g/mol. The molecule has 0 saturated heterocycles. The van der Waals surface area contributed by atoms with E-state index in [-0.39, 0.29) is 10.9 Å². The first kappa shape index (κ1) is 10.0. The second kappa shape index (κ2) is 3.76. The average Bonchev–Trinajstić information content (AvgIpc) is 2.10. The molecule has 13 heavy (non-hydrogen) atoms. The maximum absolute atomic E-state index is 11.0. The van der Waals surface area contributed by atoms with Gasteiger partial charge in [-0.1, -0.05) is 18.5 Å². The van der Waals surface area contributed by atoms with Crippen LogP contribution in [0.2, 0.25) is 5.02 Å². The highest BCUT2D eigenvalue weighted by Gasteiger charge is 2.12. The Hall–Kier alpha value is -1.07. The third-order valence-electron chi connectivity index (χ3n) is 1.76. The number of aromatic amines is 2. The van der Waals surface area contributed by atoms with Gasteiger partial charge in [0, 0.05) is 18.2 Å². The van der Waals surface area contributed by atoms with Crippen molar-refractivity contribution < 1.29 is 0 Å². The number of aromatic nitrogens is 2. The monoisotopic (exact) mass is 203 g/mol. The van der Waals surface area contributed by atoms with E-state index in [9.17, 15) is 9.59 Å². The summed E-state index contributed by atoms with van der Waals surface area (Å²) in [5, 5.41) is -0.00227. The number of hydrogen-bond acceptors (Lipinski definition) is 3. The molecule has 6 heteroatoms. The van der Waals surface area contributed by atoms with Gasteiger partial charge in [-0.25, -0.2) is 4.79 Å². The molecular formula is C7H10ClN3O2. The summed E-state index contributed by atoms with van der Waals surface area (Å²) in [6.45, 7) is 2.09. The normalized spacial score (nSPS) is 12.8. The second-order valence-electron chi connectivity index (χ2n) is 2.77. The molecule has 0 aliphatic rings. The number of H-pyrrole nitrogens is 2. The molecule has 1 aromatic rings. The third kappa shape index (κ3) is 1.99. The van der Waals surface area contributed by atoms with E-state index in [1.54, 1.807) is 6.92 Å². The van der Waals surface area contributed by atoms with E-state index < -0.39 is 11.2 Å². The number of rotatable bonds is 2. The summed E-state index contributed by atoms with van der Waals surface area (Å²) in [6.07, 6.45) is 0. The molecule has 0 aliphatic heterocycles. The molecule has 5 nitrogen and oxygen atoms in total. The molecule has 0 saturated carbocycles. The second-order valence-corrected chi connectivity index (χ2v) is 3.15. The highest BCUT2D eigenvalue weighted by atomic mass is 35.5. The summed E-state index contributed by atoms with van der Waals surface area (Å²) in [5.74, 6) is -0.137. The van der Waals surface area contributed by atoms with Gasteiger partial charge in [-0.3, -0.25) is 9.78 Å². The van der Waals surface area contributed by atoms with Crippen LogP contribution in [0.25, 0.3) is 0 Å². The van der Waals surface area contributed by atoms with E-state index >= 15 is 0 Å². The fourth-order valence-corrected chi connectivity index (χ4v) is 1.23. The zero-order chi connectivity index (χ0) is 10.0. The summed E-state index contributed by atoms with van der Waals surface area (Å²) in [4.78, 5) is 26.4. The highest BCUT2D eigenvalue weighted by Crippen LogP contribution is 2.15. The summed E-state index contributed by atoms with van der Waals surface area (Å²) in [7, 11) is 0. The van der Waals surface area contributed by atoms with Crippen LogP contribution >= 0.6 is 11.6 Å². The van der Waals surface area contributed by atoms with Gasteiger partial charge in [0.15, 0.2) is 0 Å². The van der Waals surface area contributed by atoms with E-state index in [0.29, 0.717) is 12.2 Å². The van der Waals surface area contributed by atoms with Crippen molar-refractivity contribution in [2.24, 2.45) is 5.73 Å². The number of hydrogen-bond donors (Lipinski definition) is 3. The summed E-state index contributed by atoms with van der Waals surface area (Å²) < 4.78 is 0. The van der Waals surface area contributed by atoms with Gasteiger partial charge in [0.1, 0.15) is 5.02 Å². The molecule has 0 aliphatic carbocycles. The summed E-state index contributed by atoms with van der Waals surface area (Å²) in [5.41, 5.74) is 4.62. The van der Waals surface area contributed by atoms with Gasteiger partial charge in [-0.2, -0.15) is 0 Å². The molecule has 0 radical (unpaired) electrons. The molecule has 0 amide bonds. The maximum atomic E-state index is 11.0. The molecule has 1 rings (SSSR count).